The van der Waals surface area contributed by atoms with Gasteiger partial charge in [0, 0.05) is 0 Å². The third-order valence-electron chi connectivity index (χ3n) is 2.71. The van der Waals surface area contributed by atoms with Crippen molar-refractivity contribution in [2.45, 2.75) is 13.8 Å². The van der Waals surface area contributed by atoms with E-state index in [1.807, 2.05) is 49.6 Å². The van der Waals surface area contributed by atoms with Gasteiger partial charge in [-0.05, 0) is 48.6 Å². The Morgan fingerprint density at radius 1 is 1.32 bits per heavy atom. The van der Waals surface area contributed by atoms with E-state index in [-0.39, 0.29) is 5.91 Å². The number of ether oxygens (including phenoxy) is 1. The minimum absolute atomic E-state index is 0.0275. The molecule has 0 unspecified atom stereocenters. The molecule has 0 spiro atoms. The Balaban J connectivity index is 1.75. The van der Waals surface area contributed by atoms with Gasteiger partial charge in [-0.2, -0.15) is 0 Å². The lowest BCUT2D eigenvalue weighted by molar-refractivity contribution is 0.0950. The predicted molar refractivity (Wildman–Crippen MR) is 78.1 cm³/mol. The fourth-order valence-corrected chi connectivity index (χ4v) is 2.57. The SMILES string of the molecule is Cc1cccc(OCCNC(=O)c2sccc2C)c1. The number of thiophene rings is 1. The van der Waals surface area contributed by atoms with Crippen molar-refractivity contribution in [2.24, 2.45) is 0 Å². The number of carbonyl (C=O) groups is 1. The average molecular weight is 275 g/mol. The van der Waals surface area contributed by atoms with Crippen molar-refractivity contribution in [3.05, 3.63) is 51.7 Å². The van der Waals surface area contributed by atoms with Crippen LogP contribution in [0.4, 0.5) is 0 Å². The minimum Gasteiger partial charge on any atom is -0.492 e. The van der Waals surface area contributed by atoms with Crippen molar-refractivity contribution in [1.29, 1.82) is 0 Å². The lowest BCUT2D eigenvalue weighted by Crippen LogP contribution is -2.27. The van der Waals surface area contributed by atoms with Crippen molar-refractivity contribution in [1.82, 2.24) is 5.32 Å². The first-order chi connectivity index (χ1) is 9.16. The predicted octanol–water partition coefficient (Wildman–Crippen LogP) is 3.17. The van der Waals surface area contributed by atoms with E-state index in [0.29, 0.717) is 13.2 Å². The second-order valence-corrected chi connectivity index (χ2v) is 5.27. The zero-order valence-electron chi connectivity index (χ0n) is 11.1. The summed E-state index contributed by atoms with van der Waals surface area (Å²) in [5.41, 5.74) is 2.18. The van der Waals surface area contributed by atoms with Crippen LogP contribution in [-0.2, 0) is 0 Å². The van der Waals surface area contributed by atoms with E-state index in [2.05, 4.69) is 5.32 Å². The van der Waals surface area contributed by atoms with Crippen LogP contribution >= 0.6 is 11.3 Å². The van der Waals surface area contributed by atoms with Crippen molar-refractivity contribution in [3.63, 3.8) is 0 Å². The van der Waals surface area contributed by atoms with E-state index in [0.717, 1.165) is 21.8 Å². The maximum absolute atomic E-state index is 11.8. The van der Waals surface area contributed by atoms with Gasteiger partial charge < -0.3 is 10.1 Å². The number of aryl methyl sites for hydroxylation is 2. The molecule has 0 bridgehead atoms. The summed E-state index contributed by atoms with van der Waals surface area (Å²) in [7, 11) is 0. The summed E-state index contributed by atoms with van der Waals surface area (Å²) in [6, 6.07) is 9.82. The zero-order valence-corrected chi connectivity index (χ0v) is 11.9. The molecule has 19 heavy (non-hydrogen) atoms. The molecule has 4 heteroatoms. The molecule has 2 aromatic rings. The number of hydrogen-bond acceptors (Lipinski definition) is 3. The third-order valence-corrected chi connectivity index (χ3v) is 3.73. The molecule has 1 N–H and O–H groups in total. The van der Waals surface area contributed by atoms with E-state index < -0.39 is 0 Å². The molecule has 2 rings (SSSR count). The lowest BCUT2D eigenvalue weighted by Gasteiger charge is -2.08. The van der Waals surface area contributed by atoms with Crippen LogP contribution in [0.2, 0.25) is 0 Å². The number of rotatable bonds is 5. The normalized spacial score (nSPS) is 10.2. The van der Waals surface area contributed by atoms with Gasteiger partial charge in [-0.15, -0.1) is 11.3 Å². The fourth-order valence-electron chi connectivity index (χ4n) is 1.72. The van der Waals surface area contributed by atoms with Crippen molar-refractivity contribution < 1.29 is 9.53 Å². The second kappa shape index (κ2) is 6.38. The summed E-state index contributed by atoms with van der Waals surface area (Å²) in [6.07, 6.45) is 0. The molecule has 0 aliphatic carbocycles. The molecule has 0 aliphatic rings. The van der Waals surface area contributed by atoms with Gasteiger partial charge in [-0.1, -0.05) is 12.1 Å². The minimum atomic E-state index is -0.0275. The standard InChI is InChI=1S/C15H17NO2S/c1-11-4-3-5-13(10-11)18-8-7-16-15(17)14-12(2)6-9-19-14/h3-6,9-10H,7-8H2,1-2H3,(H,16,17). The molecule has 100 valence electrons. The second-order valence-electron chi connectivity index (χ2n) is 4.35. The van der Waals surface area contributed by atoms with Gasteiger partial charge in [0.1, 0.15) is 12.4 Å². The van der Waals surface area contributed by atoms with Crippen molar-refractivity contribution in [2.75, 3.05) is 13.2 Å². The number of benzene rings is 1. The van der Waals surface area contributed by atoms with Gasteiger partial charge in [0.2, 0.25) is 0 Å². The van der Waals surface area contributed by atoms with E-state index in [4.69, 9.17) is 4.74 Å². The Morgan fingerprint density at radius 3 is 2.84 bits per heavy atom. The van der Waals surface area contributed by atoms with Gasteiger partial charge >= 0.3 is 0 Å². The number of nitrogens with one attached hydrogen (secondary N) is 1. The summed E-state index contributed by atoms with van der Waals surface area (Å²) in [4.78, 5) is 12.6. The van der Waals surface area contributed by atoms with Crippen LogP contribution in [0.1, 0.15) is 20.8 Å². The third kappa shape index (κ3) is 3.83. The molecule has 3 nitrogen and oxygen atoms in total. The monoisotopic (exact) mass is 275 g/mol. The van der Waals surface area contributed by atoms with Crippen LogP contribution in [0.25, 0.3) is 0 Å². The molecule has 1 aromatic heterocycles. The van der Waals surface area contributed by atoms with E-state index in [9.17, 15) is 4.79 Å². The fraction of sp³-hybridized carbons (Fsp3) is 0.267. The van der Waals surface area contributed by atoms with Gasteiger partial charge in [0.05, 0.1) is 11.4 Å². The lowest BCUT2D eigenvalue weighted by atomic mass is 10.2. The van der Waals surface area contributed by atoms with Crippen LogP contribution in [-0.4, -0.2) is 19.1 Å². The topological polar surface area (TPSA) is 38.3 Å². The van der Waals surface area contributed by atoms with E-state index in [1.54, 1.807) is 0 Å². The summed E-state index contributed by atoms with van der Waals surface area (Å²) >= 11 is 1.46. The average Bonchev–Trinajstić information content (AvgIpc) is 2.81. The van der Waals surface area contributed by atoms with Gasteiger partial charge in [0.25, 0.3) is 5.91 Å². The summed E-state index contributed by atoms with van der Waals surface area (Å²) in [6.45, 7) is 4.94. The zero-order chi connectivity index (χ0) is 13.7. The van der Waals surface area contributed by atoms with Crippen LogP contribution in [0.3, 0.4) is 0 Å². The highest BCUT2D eigenvalue weighted by Gasteiger charge is 2.09. The quantitative estimate of drug-likeness (QED) is 0.851. The molecule has 0 saturated heterocycles. The maximum Gasteiger partial charge on any atom is 0.261 e. The number of carbonyl (C=O) groups excluding carboxylic acids is 1. The smallest absolute Gasteiger partial charge is 0.261 e. The number of hydrogen-bond donors (Lipinski definition) is 1. The summed E-state index contributed by atoms with van der Waals surface area (Å²) in [5.74, 6) is 0.807. The van der Waals surface area contributed by atoms with Gasteiger partial charge in [0.15, 0.2) is 0 Å². The van der Waals surface area contributed by atoms with Gasteiger partial charge in [-0.25, -0.2) is 0 Å². The Morgan fingerprint density at radius 2 is 2.16 bits per heavy atom. The van der Waals surface area contributed by atoms with E-state index in [1.165, 1.54) is 11.3 Å². The molecular weight excluding hydrogens is 258 g/mol. The Hall–Kier alpha value is -1.81. The summed E-state index contributed by atoms with van der Waals surface area (Å²) in [5, 5.41) is 4.78. The van der Waals surface area contributed by atoms with Crippen LogP contribution < -0.4 is 10.1 Å². The molecule has 0 radical (unpaired) electrons. The first-order valence-corrected chi connectivity index (χ1v) is 7.06. The Bertz CT molecular complexity index is 563. The highest BCUT2D eigenvalue weighted by molar-refractivity contribution is 7.12. The number of amides is 1. The molecule has 1 amide bonds. The molecule has 0 saturated carbocycles. The van der Waals surface area contributed by atoms with Crippen LogP contribution in [0.5, 0.6) is 5.75 Å². The first-order valence-electron chi connectivity index (χ1n) is 6.18. The molecule has 1 aromatic carbocycles. The maximum atomic E-state index is 11.8. The van der Waals surface area contributed by atoms with Gasteiger partial charge in [-0.3, -0.25) is 4.79 Å². The van der Waals surface area contributed by atoms with E-state index >= 15 is 0 Å². The highest BCUT2D eigenvalue weighted by Crippen LogP contribution is 2.15. The molecule has 1 heterocycles. The largest absolute Gasteiger partial charge is 0.492 e. The Kier molecular flexibility index (Phi) is 4.58. The summed E-state index contributed by atoms with van der Waals surface area (Å²) < 4.78 is 5.57. The highest BCUT2D eigenvalue weighted by atomic mass is 32.1. The van der Waals surface area contributed by atoms with Crippen LogP contribution in [0, 0.1) is 13.8 Å². The molecule has 0 fully saturated rings. The molecular formula is C15H17NO2S. The van der Waals surface area contributed by atoms with Crippen LogP contribution in [0.15, 0.2) is 35.7 Å². The molecule has 0 atom stereocenters. The molecule has 0 aliphatic heterocycles. The first kappa shape index (κ1) is 13.6. The Labute approximate surface area is 117 Å². The van der Waals surface area contributed by atoms with Crippen molar-refractivity contribution in [3.8, 4) is 5.75 Å². The van der Waals surface area contributed by atoms with Crippen molar-refractivity contribution >= 4 is 17.2 Å².